The van der Waals surface area contributed by atoms with E-state index in [0.717, 1.165) is 0 Å². The minimum absolute atomic E-state index is 0.179. The van der Waals surface area contributed by atoms with Gasteiger partial charge in [0.05, 0.1) is 38.3 Å². The molecule has 0 heterocycles. The predicted octanol–water partition coefficient (Wildman–Crippen LogP) is 2.95. The van der Waals surface area contributed by atoms with Crippen LogP contribution in [0.2, 0.25) is 0 Å². The van der Waals surface area contributed by atoms with Crippen LogP contribution < -0.4 is 20.1 Å². The van der Waals surface area contributed by atoms with Gasteiger partial charge in [-0.3, -0.25) is 4.79 Å². The van der Waals surface area contributed by atoms with Crippen molar-refractivity contribution in [1.29, 1.82) is 5.26 Å². The number of rotatable bonds is 7. The normalized spacial score (nSPS) is 10.4. The molecule has 2 aromatic rings. The molecule has 0 aromatic heterocycles. The number of benzene rings is 2. The molecule has 0 fully saturated rings. The van der Waals surface area contributed by atoms with Crippen molar-refractivity contribution in [2.24, 2.45) is 0 Å². The molecule has 0 unspecified atom stereocenters. The number of nitriles is 1. The first kappa shape index (κ1) is 20.3. The summed E-state index contributed by atoms with van der Waals surface area (Å²) in [6.07, 6.45) is 1.24. The molecular formula is C20H19N3O5. The average Bonchev–Trinajstić information content (AvgIpc) is 2.73. The lowest BCUT2D eigenvalue weighted by molar-refractivity contribution is -0.112. The highest BCUT2D eigenvalue weighted by Crippen LogP contribution is 2.29. The van der Waals surface area contributed by atoms with Gasteiger partial charge in [0.25, 0.3) is 5.91 Å². The third-order valence-corrected chi connectivity index (χ3v) is 3.72. The summed E-state index contributed by atoms with van der Waals surface area (Å²) in [5, 5.41) is 14.7. The van der Waals surface area contributed by atoms with Gasteiger partial charge in [0.15, 0.2) is 0 Å². The van der Waals surface area contributed by atoms with Crippen molar-refractivity contribution >= 4 is 23.3 Å². The molecule has 0 saturated carbocycles. The van der Waals surface area contributed by atoms with Crippen LogP contribution in [-0.4, -0.2) is 33.2 Å². The number of nitrogens with one attached hydrogen (secondary N) is 2. The van der Waals surface area contributed by atoms with E-state index in [-0.39, 0.29) is 16.8 Å². The van der Waals surface area contributed by atoms with E-state index in [0.29, 0.717) is 17.2 Å². The van der Waals surface area contributed by atoms with E-state index >= 15 is 0 Å². The highest BCUT2D eigenvalue weighted by Gasteiger charge is 2.16. The number of para-hydroxylation sites is 1. The first-order chi connectivity index (χ1) is 13.5. The van der Waals surface area contributed by atoms with Crippen LogP contribution in [0, 0.1) is 11.3 Å². The molecular weight excluding hydrogens is 362 g/mol. The second-order valence-electron chi connectivity index (χ2n) is 5.37. The van der Waals surface area contributed by atoms with Gasteiger partial charge in [-0.05, 0) is 24.3 Å². The maximum absolute atomic E-state index is 12.5. The fourth-order valence-electron chi connectivity index (χ4n) is 2.30. The molecule has 0 aliphatic rings. The number of methoxy groups -OCH3 is 3. The monoisotopic (exact) mass is 381 g/mol. The Balaban J connectivity index is 2.24. The molecule has 144 valence electrons. The molecule has 2 aromatic carbocycles. The highest BCUT2D eigenvalue weighted by atomic mass is 16.5. The maximum atomic E-state index is 12.5. The van der Waals surface area contributed by atoms with Crippen LogP contribution in [0.1, 0.15) is 10.4 Å². The first-order valence-electron chi connectivity index (χ1n) is 8.11. The predicted molar refractivity (Wildman–Crippen MR) is 103 cm³/mol. The lowest BCUT2D eigenvalue weighted by Gasteiger charge is -2.11. The second kappa shape index (κ2) is 9.64. The van der Waals surface area contributed by atoms with Gasteiger partial charge in [0, 0.05) is 12.3 Å². The van der Waals surface area contributed by atoms with Crippen molar-refractivity contribution in [2.75, 3.05) is 32.0 Å². The van der Waals surface area contributed by atoms with E-state index < -0.39 is 11.9 Å². The molecule has 2 rings (SSSR count). The van der Waals surface area contributed by atoms with Crippen molar-refractivity contribution in [3.05, 3.63) is 59.8 Å². The number of amides is 1. The quantitative estimate of drug-likeness (QED) is 0.431. The molecule has 8 nitrogen and oxygen atoms in total. The van der Waals surface area contributed by atoms with Crippen molar-refractivity contribution < 1.29 is 23.8 Å². The Morgan fingerprint density at radius 1 is 1.04 bits per heavy atom. The summed E-state index contributed by atoms with van der Waals surface area (Å²) in [4.78, 5) is 24.3. The second-order valence-corrected chi connectivity index (χ2v) is 5.37. The van der Waals surface area contributed by atoms with Gasteiger partial charge in [-0.2, -0.15) is 5.26 Å². The summed E-state index contributed by atoms with van der Waals surface area (Å²) in [6.45, 7) is 0. The summed E-state index contributed by atoms with van der Waals surface area (Å²) in [5.74, 6) is -0.205. The van der Waals surface area contributed by atoms with Crippen LogP contribution in [0.3, 0.4) is 0 Å². The van der Waals surface area contributed by atoms with Gasteiger partial charge in [-0.15, -0.1) is 0 Å². The largest absolute Gasteiger partial charge is 0.497 e. The van der Waals surface area contributed by atoms with Gasteiger partial charge in [-0.25, -0.2) is 4.79 Å². The Labute approximate surface area is 162 Å². The third kappa shape index (κ3) is 4.80. The number of hydrogen-bond acceptors (Lipinski definition) is 7. The topological polar surface area (TPSA) is 110 Å². The highest BCUT2D eigenvalue weighted by molar-refractivity contribution is 6.09. The van der Waals surface area contributed by atoms with Gasteiger partial charge in [0.1, 0.15) is 23.1 Å². The van der Waals surface area contributed by atoms with Crippen LogP contribution in [0.15, 0.2) is 54.2 Å². The SMILES string of the molecule is COC(=O)c1ccccc1NC(=O)/C(C#N)=C\Nc1cc(OC)ccc1OC. The summed E-state index contributed by atoms with van der Waals surface area (Å²) >= 11 is 0. The number of esters is 1. The van der Waals surface area contributed by atoms with Crippen LogP contribution in [0.5, 0.6) is 11.5 Å². The Kier molecular flexibility index (Phi) is 6.99. The number of carbonyl (C=O) groups is 2. The zero-order valence-electron chi connectivity index (χ0n) is 15.6. The van der Waals surface area contributed by atoms with E-state index in [1.807, 2.05) is 6.07 Å². The van der Waals surface area contributed by atoms with Gasteiger partial charge in [-0.1, -0.05) is 12.1 Å². The Bertz CT molecular complexity index is 947. The lowest BCUT2D eigenvalue weighted by Crippen LogP contribution is -2.17. The van der Waals surface area contributed by atoms with Crippen molar-refractivity contribution in [1.82, 2.24) is 0 Å². The molecule has 0 bridgehead atoms. The maximum Gasteiger partial charge on any atom is 0.339 e. The summed E-state index contributed by atoms with van der Waals surface area (Å²) in [6, 6.07) is 13.2. The zero-order chi connectivity index (χ0) is 20.5. The Morgan fingerprint density at radius 3 is 2.43 bits per heavy atom. The minimum atomic E-state index is -0.687. The molecule has 0 saturated heterocycles. The molecule has 8 heteroatoms. The molecule has 0 atom stereocenters. The standard InChI is InChI=1S/C20H19N3O5/c1-26-14-8-9-18(27-2)17(10-14)22-12-13(11-21)19(24)23-16-7-5-4-6-15(16)20(25)28-3/h4-10,12,22H,1-3H3,(H,23,24)/b13-12-. The van der Waals surface area contributed by atoms with Crippen LogP contribution in [0.25, 0.3) is 0 Å². The number of nitrogens with zero attached hydrogens (tertiary/aromatic N) is 1. The summed E-state index contributed by atoms with van der Waals surface area (Å²) < 4.78 is 15.1. The Hall–Kier alpha value is -3.99. The smallest absolute Gasteiger partial charge is 0.339 e. The fourth-order valence-corrected chi connectivity index (χ4v) is 2.30. The van der Waals surface area contributed by atoms with Gasteiger partial charge >= 0.3 is 5.97 Å². The molecule has 1 amide bonds. The molecule has 0 aliphatic heterocycles. The third-order valence-electron chi connectivity index (χ3n) is 3.72. The summed E-state index contributed by atoms with van der Waals surface area (Å²) in [5.41, 5.74) is 0.722. The van der Waals surface area contributed by atoms with E-state index in [2.05, 4.69) is 10.6 Å². The summed E-state index contributed by atoms with van der Waals surface area (Å²) in [7, 11) is 4.26. The van der Waals surface area contributed by atoms with Gasteiger partial charge in [0.2, 0.25) is 0 Å². The number of carbonyl (C=O) groups excluding carboxylic acids is 2. The van der Waals surface area contributed by atoms with E-state index in [1.54, 1.807) is 30.3 Å². The van der Waals surface area contributed by atoms with E-state index in [1.165, 1.54) is 39.7 Å². The molecule has 0 aliphatic carbocycles. The van der Waals surface area contributed by atoms with E-state index in [4.69, 9.17) is 14.2 Å². The molecule has 0 radical (unpaired) electrons. The average molecular weight is 381 g/mol. The van der Waals surface area contributed by atoms with Gasteiger partial charge < -0.3 is 24.8 Å². The lowest BCUT2D eigenvalue weighted by atomic mass is 10.1. The number of ether oxygens (including phenoxy) is 3. The fraction of sp³-hybridized carbons (Fsp3) is 0.150. The molecule has 28 heavy (non-hydrogen) atoms. The van der Waals surface area contributed by atoms with Crippen molar-refractivity contribution in [3.8, 4) is 17.6 Å². The minimum Gasteiger partial charge on any atom is -0.497 e. The molecule has 2 N–H and O–H groups in total. The van der Waals surface area contributed by atoms with Crippen LogP contribution in [0.4, 0.5) is 11.4 Å². The zero-order valence-corrected chi connectivity index (χ0v) is 15.6. The number of hydrogen-bond donors (Lipinski definition) is 2. The van der Waals surface area contributed by atoms with Crippen LogP contribution in [-0.2, 0) is 9.53 Å². The van der Waals surface area contributed by atoms with Crippen molar-refractivity contribution in [3.63, 3.8) is 0 Å². The van der Waals surface area contributed by atoms with Crippen LogP contribution >= 0.6 is 0 Å². The molecule has 0 spiro atoms. The van der Waals surface area contributed by atoms with E-state index in [9.17, 15) is 14.9 Å². The Morgan fingerprint density at radius 2 is 1.79 bits per heavy atom. The van der Waals surface area contributed by atoms with Crippen molar-refractivity contribution in [2.45, 2.75) is 0 Å². The first-order valence-corrected chi connectivity index (χ1v) is 8.11. The number of anilines is 2.